The second-order valence-corrected chi connectivity index (χ2v) is 8.38. The number of halogens is 1. The maximum Gasteiger partial charge on any atom is 0.227 e. The van der Waals surface area contributed by atoms with E-state index < -0.39 is 15.1 Å². The van der Waals surface area contributed by atoms with Gasteiger partial charge < -0.3 is 4.90 Å². The fourth-order valence-electron chi connectivity index (χ4n) is 2.98. The number of benzene rings is 1. The van der Waals surface area contributed by atoms with Gasteiger partial charge in [0.2, 0.25) is 5.91 Å². The highest BCUT2D eigenvalue weighted by Gasteiger charge is 2.38. The molecule has 1 amide bonds. The van der Waals surface area contributed by atoms with Crippen molar-refractivity contribution >= 4 is 27.3 Å². The summed E-state index contributed by atoms with van der Waals surface area (Å²) < 4.78 is 23.6. The van der Waals surface area contributed by atoms with Gasteiger partial charge in [-0.05, 0) is 37.0 Å². The van der Waals surface area contributed by atoms with Crippen LogP contribution in [-0.2, 0) is 21.1 Å². The highest BCUT2D eigenvalue weighted by Crippen LogP contribution is 2.29. The maximum absolute atomic E-state index is 12.4. The Morgan fingerprint density at radius 1 is 1.38 bits per heavy atom. The third-order valence-corrected chi connectivity index (χ3v) is 5.99. The van der Waals surface area contributed by atoms with Crippen molar-refractivity contribution in [3.63, 3.8) is 0 Å². The smallest absolute Gasteiger partial charge is 0.227 e. The van der Waals surface area contributed by atoms with E-state index in [9.17, 15) is 13.2 Å². The second kappa shape index (κ2) is 6.36. The van der Waals surface area contributed by atoms with Crippen LogP contribution < -0.4 is 0 Å². The molecule has 1 fully saturated rings. The summed E-state index contributed by atoms with van der Waals surface area (Å²) >= 11 is 5.91. The molecule has 1 aliphatic carbocycles. The highest BCUT2D eigenvalue weighted by atomic mass is 35.5. The summed E-state index contributed by atoms with van der Waals surface area (Å²) in [6.07, 6.45) is 3.72. The van der Waals surface area contributed by atoms with Gasteiger partial charge in [0.15, 0.2) is 9.84 Å². The van der Waals surface area contributed by atoms with Gasteiger partial charge in [0, 0.05) is 24.4 Å². The van der Waals surface area contributed by atoms with Crippen molar-refractivity contribution in [3.05, 3.63) is 34.9 Å². The number of hydrogen-bond donors (Lipinski definition) is 0. The molecule has 0 radical (unpaired) electrons. The molecule has 0 N–H and O–H groups in total. The van der Waals surface area contributed by atoms with Crippen molar-refractivity contribution in [2.24, 2.45) is 0 Å². The van der Waals surface area contributed by atoms with Crippen LogP contribution in [0.5, 0.6) is 0 Å². The van der Waals surface area contributed by atoms with E-state index in [0.717, 1.165) is 18.4 Å². The topological polar surface area (TPSA) is 54.5 Å². The average Bonchev–Trinajstić information content (AvgIpc) is 2.86. The Balaban J connectivity index is 2.09. The molecule has 1 aliphatic rings. The lowest BCUT2D eigenvalue weighted by Crippen LogP contribution is -2.45. The monoisotopic (exact) mass is 329 g/mol. The zero-order valence-corrected chi connectivity index (χ0v) is 13.8. The maximum atomic E-state index is 12.4. The Hall–Kier alpha value is -1.07. The molecular formula is C15H20ClNO3S. The zero-order chi connectivity index (χ0) is 15.6. The minimum absolute atomic E-state index is 0.0715. The molecule has 21 heavy (non-hydrogen) atoms. The predicted molar refractivity (Wildman–Crippen MR) is 84.2 cm³/mol. The first kappa shape index (κ1) is 16.3. The van der Waals surface area contributed by atoms with Gasteiger partial charge in [0.1, 0.15) is 0 Å². The number of carbonyl (C=O) groups is 1. The fourth-order valence-corrected chi connectivity index (χ4v) is 4.68. The molecule has 0 spiro atoms. The van der Waals surface area contributed by atoms with E-state index in [1.54, 1.807) is 30.1 Å². The molecule has 1 aromatic rings. The van der Waals surface area contributed by atoms with Crippen LogP contribution in [0.4, 0.5) is 0 Å². The number of hydrogen-bond acceptors (Lipinski definition) is 3. The van der Waals surface area contributed by atoms with Crippen LogP contribution in [0.25, 0.3) is 0 Å². The zero-order valence-electron chi connectivity index (χ0n) is 12.3. The highest BCUT2D eigenvalue weighted by molar-refractivity contribution is 7.91. The van der Waals surface area contributed by atoms with Crippen molar-refractivity contribution < 1.29 is 13.2 Å². The number of sulfone groups is 1. The summed E-state index contributed by atoms with van der Waals surface area (Å²) in [4.78, 5) is 14.0. The molecule has 2 rings (SSSR count). The van der Waals surface area contributed by atoms with Crippen LogP contribution in [0, 0.1) is 0 Å². The van der Waals surface area contributed by atoms with E-state index in [1.165, 1.54) is 6.26 Å². The van der Waals surface area contributed by atoms with Crippen LogP contribution in [0.1, 0.15) is 24.8 Å². The van der Waals surface area contributed by atoms with Crippen molar-refractivity contribution in [1.29, 1.82) is 0 Å². The van der Waals surface area contributed by atoms with Gasteiger partial charge in [-0.25, -0.2) is 8.42 Å². The SMILES string of the molecule is CN(C(=O)Cc1cccc(Cl)c1)[C@H]1CCC[C@@H]1S(C)(=O)=O. The van der Waals surface area contributed by atoms with E-state index in [-0.39, 0.29) is 18.4 Å². The van der Waals surface area contributed by atoms with Crippen molar-refractivity contribution in [2.45, 2.75) is 37.0 Å². The number of carbonyl (C=O) groups excluding carboxylic acids is 1. The molecule has 1 aromatic carbocycles. The molecule has 0 saturated heterocycles. The number of nitrogens with zero attached hydrogens (tertiary/aromatic N) is 1. The van der Waals surface area contributed by atoms with E-state index in [4.69, 9.17) is 11.6 Å². The molecule has 4 nitrogen and oxygen atoms in total. The normalized spacial score (nSPS) is 22.2. The first-order valence-corrected chi connectivity index (χ1v) is 9.31. The minimum Gasteiger partial charge on any atom is -0.341 e. The van der Waals surface area contributed by atoms with Crippen molar-refractivity contribution in [2.75, 3.05) is 13.3 Å². The van der Waals surface area contributed by atoms with Crippen LogP contribution >= 0.6 is 11.6 Å². The number of likely N-dealkylation sites (N-methyl/N-ethyl adjacent to an activating group) is 1. The first-order valence-electron chi connectivity index (χ1n) is 6.98. The fraction of sp³-hybridized carbons (Fsp3) is 0.533. The van der Waals surface area contributed by atoms with E-state index in [2.05, 4.69) is 0 Å². The minimum atomic E-state index is -3.12. The third kappa shape index (κ3) is 3.98. The lowest BCUT2D eigenvalue weighted by atomic mass is 10.1. The van der Waals surface area contributed by atoms with Crippen LogP contribution in [0.3, 0.4) is 0 Å². The Labute approximate surface area is 131 Å². The molecule has 0 aliphatic heterocycles. The van der Waals surface area contributed by atoms with Gasteiger partial charge in [-0.1, -0.05) is 23.7 Å². The summed E-state index contributed by atoms with van der Waals surface area (Å²) in [5, 5.41) is 0.156. The third-order valence-electron chi connectivity index (χ3n) is 4.10. The standard InChI is InChI=1S/C15H20ClNO3S/c1-17(13-7-4-8-14(13)21(2,19)20)15(18)10-11-5-3-6-12(16)9-11/h3,5-6,9,13-14H,4,7-8,10H2,1-2H3/t13-,14-/m0/s1. The molecule has 0 unspecified atom stereocenters. The Bertz CT molecular complexity index is 630. The van der Waals surface area contributed by atoms with Crippen molar-refractivity contribution in [1.82, 2.24) is 4.90 Å². The Morgan fingerprint density at radius 3 is 2.71 bits per heavy atom. The Kier molecular flexibility index (Phi) is 4.94. The summed E-state index contributed by atoms with van der Waals surface area (Å²) in [5.41, 5.74) is 0.841. The first-order chi connectivity index (χ1) is 9.79. The number of amides is 1. The quantitative estimate of drug-likeness (QED) is 0.851. The average molecular weight is 330 g/mol. The summed E-state index contributed by atoms with van der Waals surface area (Å²) in [5.74, 6) is -0.0715. The summed E-state index contributed by atoms with van der Waals surface area (Å²) in [6.45, 7) is 0. The Morgan fingerprint density at radius 2 is 2.10 bits per heavy atom. The molecule has 0 aromatic heterocycles. The van der Waals surface area contributed by atoms with Gasteiger partial charge in [0.25, 0.3) is 0 Å². The molecular weight excluding hydrogens is 310 g/mol. The van der Waals surface area contributed by atoms with Gasteiger partial charge in [-0.15, -0.1) is 0 Å². The lowest BCUT2D eigenvalue weighted by Gasteiger charge is -2.29. The second-order valence-electron chi connectivity index (χ2n) is 5.68. The van der Waals surface area contributed by atoms with Gasteiger partial charge in [-0.2, -0.15) is 0 Å². The van der Waals surface area contributed by atoms with Crippen LogP contribution in [-0.4, -0.2) is 43.8 Å². The number of rotatable bonds is 4. The van der Waals surface area contributed by atoms with E-state index in [1.807, 2.05) is 6.07 Å². The largest absolute Gasteiger partial charge is 0.341 e. The van der Waals surface area contributed by atoms with Crippen LogP contribution in [0.15, 0.2) is 24.3 Å². The molecule has 6 heteroatoms. The molecule has 0 bridgehead atoms. The van der Waals surface area contributed by atoms with Gasteiger partial charge in [0.05, 0.1) is 11.7 Å². The molecule has 116 valence electrons. The van der Waals surface area contributed by atoms with E-state index in [0.29, 0.717) is 11.4 Å². The van der Waals surface area contributed by atoms with Crippen LogP contribution in [0.2, 0.25) is 5.02 Å². The molecule has 1 saturated carbocycles. The summed E-state index contributed by atoms with van der Waals surface area (Å²) in [7, 11) is -1.43. The lowest BCUT2D eigenvalue weighted by molar-refractivity contribution is -0.131. The molecule has 2 atom stereocenters. The van der Waals surface area contributed by atoms with E-state index >= 15 is 0 Å². The summed E-state index contributed by atoms with van der Waals surface area (Å²) in [6, 6.07) is 6.96. The molecule has 0 heterocycles. The van der Waals surface area contributed by atoms with Gasteiger partial charge in [-0.3, -0.25) is 4.79 Å². The van der Waals surface area contributed by atoms with Crippen molar-refractivity contribution in [3.8, 4) is 0 Å². The predicted octanol–water partition coefficient (Wildman–Crippen LogP) is 2.31. The van der Waals surface area contributed by atoms with Gasteiger partial charge >= 0.3 is 0 Å².